The van der Waals surface area contributed by atoms with E-state index in [0.29, 0.717) is 5.03 Å². The first kappa shape index (κ1) is 15.5. The minimum Gasteiger partial charge on any atom is -0.618 e. The van der Waals surface area contributed by atoms with Gasteiger partial charge in [0.05, 0.1) is 0 Å². The molecule has 1 heterocycles. The lowest BCUT2D eigenvalue weighted by Crippen LogP contribution is -2.27. The Kier molecular flexibility index (Phi) is 4.62. The highest BCUT2D eigenvalue weighted by molar-refractivity contribution is 7.99. The van der Waals surface area contributed by atoms with Crippen molar-refractivity contribution in [2.24, 2.45) is 0 Å². The van der Waals surface area contributed by atoms with Crippen LogP contribution in [-0.4, -0.2) is 6.36 Å². The van der Waals surface area contributed by atoms with E-state index in [4.69, 9.17) is 0 Å². The molecule has 0 saturated carbocycles. The number of pyridine rings is 1. The predicted octanol–water partition coefficient (Wildman–Crippen LogP) is 4.07. The van der Waals surface area contributed by atoms with Crippen LogP contribution in [0.3, 0.4) is 0 Å². The molecule has 0 bridgehead atoms. The van der Waals surface area contributed by atoms with Crippen LogP contribution in [0, 0.1) is 5.21 Å². The number of alkyl halides is 3. The Labute approximate surface area is 123 Å². The molecule has 0 aliphatic heterocycles. The van der Waals surface area contributed by atoms with Gasteiger partial charge in [-0.25, -0.2) is 0 Å². The molecule has 2 aromatic rings. The summed E-state index contributed by atoms with van der Waals surface area (Å²) in [6.07, 6.45) is -3.30. The highest BCUT2D eigenvalue weighted by atomic mass is 32.2. The van der Waals surface area contributed by atoms with Crippen molar-refractivity contribution >= 4 is 11.8 Å². The molecule has 21 heavy (non-hydrogen) atoms. The number of benzene rings is 1. The SMILES string of the molecule is CC(Sc1cccc[n+]1[O-])c1ccc(OC(F)(F)F)cc1. The van der Waals surface area contributed by atoms with Crippen molar-refractivity contribution in [3.05, 3.63) is 59.4 Å². The molecule has 0 radical (unpaired) electrons. The Morgan fingerprint density at radius 1 is 1.14 bits per heavy atom. The molecule has 0 saturated heterocycles. The predicted molar refractivity (Wildman–Crippen MR) is 72.8 cm³/mol. The standard InChI is InChI=1S/C14H12F3NO2S/c1-10(21-13-4-2-3-9-18(13)19)11-5-7-12(8-6-11)20-14(15,16)17/h2-10H,1H3. The van der Waals surface area contributed by atoms with Gasteiger partial charge >= 0.3 is 6.36 Å². The fourth-order valence-electron chi connectivity index (χ4n) is 1.69. The molecular formula is C14H12F3NO2S. The number of thioether (sulfide) groups is 1. The summed E-state index contributed by atoms with van der Waals surface area (Å²) in [6, 6.07) is 10.7. The number of nitrogens with zero attached hydrogens (tertiary/aromatic N) is 1. The molecule has 1 atom stereocenters. The molecule has 0 aliphatic rings. The van der Waals surface area contributed by atoms with E-state index in [1.807, 2.05) is 6.92 Å². The average molecular weight is 315 g/mol. The van der Waals surface area contributed by atoms with Crippen molar-refractivity contribution in [2.45, 2.75) is 23.6 Å². The third-order valence-electron chi connectivity index (χ3n) is 2.67. The van der Waals surface area contributed by atoms with Crippen LogP contribution in [0.1, 0.15) is 17.7 Å². The van der Waals surface area contributed by atoms with Crippen LogP contribution in [0.25, 0.3) is 0 Å². The Morgan fingerprint density at radius 3 is 2.38 bits per heavy atom. The molecule has 1 aromatic heterocycles. The van der Waals surface area contributed by atoms with Crippen LogP contribution in [0.5, 0.6) is 5.75 Å². The fraction of sp³-hybridized carbons (Fsp3) is 0.214. The second-order valence-corrected chi connectivity index (χ2v) is 5.60. The zero-order valence-corrected chi connectivity index (χ0v) is 11.8. The van der Waals surface area contributed by atoms with Crippen LogP contribution in [-0.2, 0) is 0 Å². The second kappa shape index (κ2) is 6.26. The van der Waals surface area contributed by atoms with Gasteiger partial charge in [-0.05, 0) is 42.4 Å². The van der Waals surface area contributed by atoms with Crippen LogP contribution in [0.4, 0.5) is 13.2 Å². The Bertz CT molecular complexity index is 602. The summed E-state index contributed by atoms with van der Waals surface area (Å²) < 4.78 is 40.8. The summed E-state index contributed by atoms with van der Waals surface area (Å²) >= 11 is 1.33. The van der Waals surface area contributed by atoms with E-state index < -0.39 is 6.36 Å². The van der Waals surface area contributed by atoms with Gasteiger partial charge in [0.1, 0.15) is 5.75 Å². The Hall–Kier alpha value is -1.89. The van der Waals surface area contributed by atoms with Crippen LogP contribution >= 0.6 is 11.8 Å². The Balaban J connectivity index is 2.06. The van der Waals surface area contributed by atoms with Crippen molar-refractivity contribution in [3.8, 4) is 5.75 Å². The zero-order chi connectivity index (χ0) is 15.5. The third-order valence-corrected chi connectivity index (χ3v) is 3.85. The maximum atomic E-state index is 12.1. The van der Waals surface area contributed by atoms with E-state index >= 15 is 0 Å². The molecule has 7 heteroatoms. The van der Waals surface area contributed by atoms with Gasteiger partial charge in [-0.2, -0.15) is 4.73 Å². The summed E-state index contributed by atoms with van der Waals surface area (Å²) in [5.41, 5.74) is 0.804. The van der Waals surface area contributed by atoms with Gasteiger partial charge in [0.25, 0.3) is 5.03 Å². The summed E-state index contributed by atoms with van der Waals surface area (Å²) in [6.45, 7) is 1.87. The molecule has 1 aromatic carbocycles. The molecule has 0 aliphatic carbocycles. The maximum absolute atomic E-state index is 12.1. The minimum absolute atomic E-state index is 0.0764. The van der Waals surface area contributed by atoms with E-state index in [9.17, 15) is 18.4 Å². The van der Waals surface area contributed by atoms with E-state index in [0.717, 1.165) is 10.3 Å². The smallest absolute Gasteiger partial charge is 0.573 e. The average Bonchev–Trinajstić information content (AvgIpc) is 2.40. The number of hydrogen-bond acceptors (Lipinski definition) is 3. The van der Waals surface area contributed by atoms with Crippen molar-refractivity contribution in [1.82, 2.24) is 0 Å². The van der Waals surface area contributed by atoms with Crippen LogP contribution in [0.2, 0.25) is 0 Å². The monoisotopic (exact) mass is 315 g/mol. The number of halogens is 3. The molecule has 0 spiro atoms. The van der Waals surface area contributed by atoms with Crippen molar-refractivity contribution in [1.29, 1.82) is 0 Å². The molecular weight excluding hydrogens is 303 g/mol. The van der Waals surface area contributed by atoms with Crippen molar-refractivity contribution in [2.75, 3.05) is 0 Å². The normalized spacial score (nSPS) is 13.0. The zero-order valence-electron chi connectivity index (χ0n) is 11.0. The summed E-state index contributed by atoms with van der Waals surface area (Å²) in [7, 11) is 0. The number of rotatable bonds is 4. The molecule has 112 valence electrons. The van der Waals surface area contributed by atoms with Crippen LogP contribution < -0.4 is 9.47 Å². The van der Waals surface area contributed by atoms with Crippen molar-refractivity contribution in [3.63, 3.8) is 0 Å². The van der Waals surface area contributed by atoms with E-state index in [2.05, 4.69) is 4.74 Å². The maximum Gasteiger partial charge on any atom is 0.573 e. The van der Waals surface area contributed by atoms with Gasteiger partial charge in [-0.1, -0.05) is 12.1 Å². The largest absolute Gasteiger partial charge is 0.618 e. The molecule has 0 fully saturated rings. The van der Waals surface area contributed by atoms with Gasteiger partial charge < -0.3 is 9.94 Å². The third kappa shape index (κ3) is 4.56. The first-order valence-corrected chi connectivity index (χ1v) is 6.94. The fourth-order valence-corrected chi connectivity index (χ4v) is 2.67. The molecule has 0 N–H and O–H groups in total. The van der Waals surface area contributed by atoms with Crippen molar-refractivity contribution < 1.29 is 22.6 Å². The lowest BCUT2D eigenvalue weighted by atomic mass is 10.2. The van der Waals surface area contributed by atoms with Gasteiger partial charge in [0.2, 0.25) is 0 Å². The summed E-state index contributed by atoms with van der Waals surface area (Å²) in [5.74, 6) is -0.262. The topological polar surface area (TPSA) is 36.2 Å². The van der Waals surface area contributed by atoms with E-state index in [1.54, 1.807) is 30.3 Å². The first-order valence-electron chi connectivity index (χ1n) is 6.06. The quantitative estimate of drug-likeness (QED) is 0.485. The highest BCUT2D eigenvalue weighted by Gasteiger charge is 2.31. The number of aromatic nitrogens is 1. The van der Waals surface area contributed by atoms with Gasteiger partial charge in [-0.15, -0.1) is 13.2 Å². The number of ether oxygens (including phenoxy) is 1. The molecule has 0 amide bonds. The Morgan fingerprint density at radius 2 is 1.81 bits per heavy atom. The minimum atomic E-state index is -4.69. The lowest BCUT2D eigenvalue weighted by Gasteiger charge is -2.13. The molecule has 2 rings (SSSR count). The lowest BCUT2D eigenvalue weighted by molar-refractivity contribution is -0.645. The highest BCUT2D eigenvalue weighted by Crippen LogP contribution is 2.34. The summed E-state index contributed by atoms with van der Waals surface area (Å²) in [5, 5.41) is 12.0. The second-order valence-electron chi connectivity index (χ2n) is 4.24. The van der Waals surface area contributed by atoms with Gasteiger partial charge in [0, 0.05) is 17.4 Å². The van der Waals surface area contributed by atoms with Crippen LogP contribution in [0.15, 0.2) is 53.7 Å². The summed E-state index contributed by atoms with van der Waals surface area (Å²) in [4.78, 5) is 0. The van der Waals surface area contributed by atoms with Gasteiger partial charge in [-0.3, -0.25) is 0 Å². The molecule has 1 unspecified atom stereocenters. The van der Waals surface area contributed by atoms with E-state index in [-0.39, 0.29) is 11.0 Å². The first-order chi connectivity index (χ1) is 9.85. The van der Waals surface area contributed by atoms with Gasteiger partial charge in [0.15, 0.2) is 6.20 Å². The molecule has 3 nitrogen and oxygen atoms in total. The van der Waals surface area contributed by atoms with E-state index in [1.165, 1.54) is 30.1 Å². The number of hydrogen-bond donors (Lipinski definition) is 0.